The van der Waals surface area contributed by atoms with E-state index in [1.807, 2.05) is 0 Å². The van der Waals surface area contributed by atoms with E-state index < -0.39 is 0 Å². The Bertz CT molecular complexity index is 662. The third-order valence-corrected chi connectivity index (χ3v) is 3.49. The average molecular weight is 356 g/mol. The van der Waals surface area contributed by atoms with E-state index in [0.717, 1.165) is 4.47 Å². The van der Waals surface area contributed by atoms with Crippen molar-refractivity contribution in [2.75, 3.05) is 18.2 Å². The number of ether oxygens (including phenoxy) is 1. The molecule has 0 bridgehead atoms. The van der Waals surface area contributed by atoms with Crippen molar-refractivity contribution in [1.29, 1.82) is 0 Å². The van der Waals surface area contributed by atoms with Crippen LogP contribution in [0, 0.1) is 0 Å². The SMILES string of the molecule is COc1ccc(N)c(C(=O)Nc2ccc(Br)cc2Cl)c1. The highest BCUT2D eigenvalue weighted by atomic mass is 79.9. The number of anilines is 2. The van der Waals surface area contributed by atoms with Crippen LogP contribution in [0.15, 0.2) is 40.9 Å². The molecule has 0 aliphatic heterocycles. The molecule has 6 heteroatoms. The molecule has 2 aromatic carbocycles. The summed E-state index contributed by atoms with van der Waals surface area (Å²) in [6.45, 7) is 0. The first-order valence-electron chi connectivity index (χ1n) is 5.71. The number of nitrogens with one attached hydrogen (secondary N) is 1. The van der Waals surface area contributed by atoms with Gasteiger partial charge in [0, 0.05) is 10.2 Å². The highest BCUT2D eigenvalue weighted by molar-refractivity contribution is 9.10. The number of benzene rings is 2. The first-order chi connectivity index (χ1) is 9.51. The molecular weight excluding hydrogens is 344 g/mol. The number of carbonyl (C=O) groups excluding carboxylic acids is 1. The lowest BCUT2D eigenvalue weighted by Crippen LogP contribution is -2.14. The number of halogens is 2. The number of nitrogen functional groups attached to an aromatic ring is 1. The van der Waals surface area contributed by atoms with Gasteiger partial charge in [-0.15, -0.1) is 0 Å². The van der Waals surface area contributed by atoms with Gasteiger partial charge in [-0.2, -0.15) is 0 Å². The number of nitrogens with two attached hydrogens (primary N) is 1. The van der Waals surface area contributed by atoms with Crippen LogP contribution >= 0.6 is 27.5 Å². The van der Waals surface area contributed by atoms with Gasteiger partial charge < -0.3 is 15.8 Å². The van der Waals surface area contributed by atoms with Crippen molar-refractivity contribution in [3.05, 3.63) is 51.5 Å². The molecule has 0 fully saturated rings. The van der Waals surface area contributed by atoms with E-state index in [1.165, 1.54) is 7.11 Å². The summed E-state index contributed by atoms with van der Waals surface area (Å²) in [5.74, 6) is 0.219. The van der Waals surface area contributed by atoms with Crippen LogP contribution < -0.4 is 15.8 Å². The second-order valence-corrected chi connectivity index (χ2v) is 5.35. The Morgan fingerprint density at radius 1 is 1.30 bits per heavy atom. The quantitative estimate of drug-likeness (QED) is 0.820. The molecule has 0 aromatic heterocycles. The normalized spacial score (nSPS) is 10.2. The van der Waals surface area contributed by atoms with Gasteiger partial charge in [0.15, 0.2) is 0 Å². The van der Waals surface area contributed by atoms with Crippen molar-refractivity contribution in [3.63, 3.8) is 0 Å². The molecule has 1 amide bonds. The summed E-state index contributed by atoms with van der Waals surface area (Å²) in [6, 6.07) is 10.1. The third kappa shape index (κ3) is 3.23. The Morgan fingerprint density at radius 3 is 2.70 bits per heavy atom. The van der Waals surface area contributed by atoms with E-state index in [4.69, 9.17) is 22.1 Å². The van der Waals surface area contributed by atoms with Crippen molar-refractivity contribution in [1.82, 2.24) is 0 Å². The molecule has 0 aliphatic carbocycles. The minimum atomic E-state index is -0.342. The highest BCUT2D eigenvalue weighted by Crippen LogP contribution is 2.27. The molecule has 3 N–H and O–H groups in total. The zero-order valence-corrected chi connectivity index (χ0v) is 13.0. The van der Waals surface area contributed by atoms with Gasteiger partial charge in [0.05, 0.1) is 23.4 Å². The molecule has 20 heavy (non-hydrogen) atoms. The summed E-state index contributed by atoms with van der Waals surface area (Å²) in [4.78, 5) is 12.2. The molecule has 0 atom stereocenters. The second kappa shape index (κ2) is 6.15. The number of carbonyl (C=O) groups is 1. The molecule has 4 nitrogen and oxygen atoms in total. The molecule has 0 heterocycles. The zero-order valence-electron chi connectivity index (χ0n) is 10.6. The van der Waals surface area contributed by atoms with E-state index >= 15 is 0 Å². The highest BCUT2D eigenvalue weighted by Gasteiger charge is 2.13. The predicted octanol–water partition coefficient (Wildman–Crippen LogP) is 3.95. The molecule has 104 valence electrons. The van der Waals surface area contributed by atoms with E-state index in [9.17, 15) is 4.79 Å². The fourth-order valence-electron chi connectivity index (χ4n) is 1.64. The van der Waals surface area contributed by atoms with Crippen LogP contribution in [0.3, 0.4) is 0 Å². The van der Waals surface area contributed by atoms with Gasteiger partial charge in [0.2, 0.25) is 0 Å². The fraction of sp³-hybridized carbons (Fsp3) is 0.0714. The molecule has 0 saturated carbocycles. The fourth-order valence-corrected chi connectivity index (χ4v) is 2.36. The molecule has 0 radical (unpaired) electrons. The lowest BCUT2D eigenvalue weighted by atomic mass is 10.1. The van der Waals surface area contributed by atoms with Gasteiger partial charge in [0.1, 0.15) is 5.75 Å². The van der Waals surface area contributed by atoms with Gasteiger partial charge >= 0.3 is 0 Å². The maximum atomic E-state index is 12.2. The first-order valence-corrected chi connectivity index (χ1v) is 6.88. The summed E-state index contributed by atoms with van der Waals surface area (Å²) in [5, 5.41) is 3.16. The minimum Gasteiger partial charge on any atom is -0.497 e. The summed E-state index contributed by atoms with van der Waals surface area (Å²) >= 11 is 9.36. The van der Waals surface area contributed by atoms with E-state index in [2.05, 4.69) is 21.2 Å². The Morgan fingerprint density at radius 2 is 2.05 bits per heavy atom. The van der Waals surface area contributed by atoms with E-state index in [1.54, 1.807) is 36.4 Å². The topological polar surface area (TPSA) is 64.3 Å². The molecular formula is C14H12BrClN2O2. The van der Waals surface area contributed by atoms with Crippen molar-refractivity contribution >= 4 is 44.8 Å². The van der Waals surface area contributed by atoms with Crippen molar-refractivity contribution in [2.24, 2.45) is 0 Å². The van der Waals surface area contributed by atoms with Crippen LogP contribution in [0.4, 0.5) is 11.4 Å². The van der Waals surface area contributed by atoms with Gasteiger partial charge in [-0.25, -0.2) is 0 Å². The van der Waals surface area contributed by atoms with Crippen molar-refractivity contribution in [2.45, 2.75) is 0 Å². The molecule has 0 aliphatic rings. The zero-order chi connectivity index (χ0) is 14.7. The van der Waals surface area contributed by atoms with E-state index in [-0.39, 0.29) is 5.91 Å². The Hall–Kier alpha value is -1.72. The number of rotatable bonds is 3. The number of methoxy groups -OCH3 is 1. The van der Waals surface area contributed by atoms with Crippen LogP contribution in [-0.2, 0) is 0 Å². The summed E-state index contributed by atoms with van der Waals surface area (Å²) in [7, 11) is 1.53. The van der Waals surface area contributed by atoms with Crippen LogP contribution in [0.2, 0.25) is 5.02 Å². The van der Waals surface area contributed by atoms with E-state index in [0.29, 0.717) is 27.7 Å². The summed E-state index contributed by atoms with van der Waals surface area (Å²) in [5.41, 5.74) is 7.03. The van der Waals surface area contributed by atoms with Crippen LogP contribution in [0.25, 0.3) is 0 Å². The standard InChI is InChI=1S/C14H12BrClN2O2/c1-20-9-3-4-12(17)10(7-9)14(19)18-13-5-2-8(15)6-11(13)16/h2-7H,17H2,1H3,(H,18,19). The van der Waals surface area contributed by atoms with Gasteiger partial charge in [0.25, 0.3) is 5.91 Å². The van der Waals surface area contributed by atoms with Crippen molar-refractivity contribution < 1.29 is 9.53 Å². The molecule has 2 rings (SSSR count). The lowest BCUT2D eigenvalue weighted by molar-refractivity contribution is 0.102. The molecule has 0 spiro atoms. The Balaban J connectivity index is 2.28. The first kappa shape index (κ1) is 14.7. The largest absolute Gasteiger partial charge is 0.497 e. The lowest BCUT2D eigenvalue weighted by Gasteiger charge is -2.10. The molecule has 0 unspecified atom stereocenters. The van der Waals surface area contributed by atoms with Crippen LogP contribution in [0.5, 0.6) is 5.75 Å². The third-order valence-electron chi connectivity index (χ3n) is 2.68. The predicted molar refractivity (Wildman–Crippen MR) is 84.5 cm³/mol. The van der Waals surface area contributed by atoms with Crippen molar-refractivity contribution in [3.8, 4) is 5.75 Å². The van der Waals surface area contributed by atoms with Crippen LogP contribution in [-0.4, -0.2) is 13.0 Å². The van der Waals surface area contributed by atoms with Gasteiger partial charge in [-0.1, -0.05) is 27.5 Å². The molecule has 0 saturated heterocycles. The number of amides is 1. The summed E-state index contributed by atoms with van der Waals surface area (Å²) in [6.07, 6.45) is 0. The van der Waals surface area contributed by atoms with Gasteiger partial charge in [-0.3, -0.25) is 4.79 Å². The minimum absolute atomic E-state index is 0.336. The maximum Gasteiger partial charge on any atom is 0.257 e. The monoisotopic (exact) mass is 354 g/mol. The maximum absolute atomic E-state index is 12.2. The summed E-state index contributed by atoms with van der Waals surface area (Å²) < 4.78 is 5.92. The molecule has 2 aromatic rings. The number of hydrogen-bond acceptors (Lipinski definition) is 3. The van der Waals surface area contributed by atoms with Gasteiger partial charge in [-0.05, 0) is 36.4 Å². The smallest absolute Gasteiger partial charge is 0.257 e. The second-order valence-electron chi connectivity index (χ2n) is 4.03. The Kier molecular flexibility index (Phi) is 4.52. The average Bonchev–Trinajstić information content (AvgIpc) is 2.42. The van der Waals surface area contributed by atoms with Crippen LogP contribution in [0.1, 0.15) is 10.4 Å². The Labute approximate surface area is 130 Å². The number of hydrogen-bond donors (Lipinski definition) is 2.